The molecule has 0 fully saturated rings. The molecule has 6 heteroatoms. The Morgan fingerprint density at radius 2 is 1.81 bits per heavy atom. The van der Waals surface area contributed by atoms with E-state index in [0.29, 0.717) is 42.2 Å². The molecule has 1 N–H and O–H groups in total. The van der Waals surface area contributed by atoms with Crippen LogP contribution in [0, 0.1) is 0 Å². The lowest BCUT2D eigenvalue weighted by Crippen LogP contribution is -2.28. The molecular formula is C25H28N2O4. The number of benzene rings is 2. The Balaban J connectivity index is 1.48. The summed E-state index contributed by atoms with van der Waals surface area (Å²) < 4.78 is 17.0. The highest BCUT2D eigenvalue weighted by atomic mass is 16.5. The van der Waals surface area contributed by atoms with E-state index in [1.165, 1.54) is 5.56 Å². The number of nitrogens with zero attached hydrogens (tertiary/aromatic N) is 1. The monoisotopic (exact) mass is 420 g/mol. The van der Waals surface area contributed by atoms with Crippen LogP contribution in [-0.4, -0.2) is 24.1 Å². The van der Waals surface area contributed by atoms with Crippen molar-refractivity contribution in [3.05, 3.63) is 78.0 Å². The lowest BCUT2D eigenvalue weighted by Gasteiger charge is -2.11. The zero-order chi connectivity index (χ0) is 22.1. The first-order valence-electron chi connectivity index (χ1n) is 10.4. The van der Waals surface area contributed by atoms with Crippen molar-refractivity contribution >= 4 is 5.91 Å². The van der Waals surface area contributed by atoms with Crippen LogP contribution in [0.25, 0.3) is 0 Å². The molecule has 0 aliphatic carbocycles. The lowest BCUT2D eigenvalue weighted by atomic mass is 10.0. The summed E-state index contributed by atoms with van der Waals surface area (Å²) in [4.78, 5) is 16.4. The smallest absolute Gasteiger partial charge is 0.258 e. The number of amides is 1. The second-order valence-electron chi connectivity index (χ2n) is 7.28. The van der Waals surface area contributed by atoms with Gasteiger partial charge in [-0.25, -0.2) is 4.98 Å². The quantitative estimate of drug-likeness (QED) is 0.495. The first-order valence-corrected chi connectivity index (χ1v) is 10.4. The first-order chi connectivity index (χ1) is 15.0. The lowest BCUT2D eigenvalue weighted by molar-refractivity contribution is -0.123. The van der Waals surface area contributed by atoms with Gasteiger partial charge in [-0.05, 0) is 48.2 Å². The number of pyridine rings is 1. The second-order valence-corrected chi connectivity index (χ2v) is 7.28. The fourth-order valence-electron chi connectivity index (χ4n) is 2.86. The maximum absolute atomic E-state index is 12.1. The molecule has 0 saturated carbocycles. The second kappa shape index (κ2) is 11.0. The summed E-state index contributed by atoms with van der Waals surface area (Å²) in [5, 5.41) is 2.84. The van der Waals surface area contributed by atoms with Crippen LogP contribution in [0.2, 0.25) is 0 Å². The van der Waals surface area contributed by atoms with Gasteiger partial charge in [0.05, 0.1) is 6.61 Å². The Hall–Kier alpha value is -3.54. The topological polar surface area (TPSA) is 69.7 Å². The van der Waals surface area contributed by atoms with Crippen molar-refractivity contribution in [2.45, 2.75) is 33.2 Å². The Morgan fingerprint density at radius 3 is 2.52 bits per heavy atom. The largest absolute Gasteiger partial charge is 0.490 e. The highest BCUT2D eigenvalue weighted by Gasteiger charge is 2.08. The van der Waals surface area contributed by atoms with Crippen LogP contribution in [0.5, 0.6) is 23.1 Å². The average Bonchev–Trinajstić information content (AvgIpc) is 2.79. The fraction of sp³-hybridized carbons (Fsp3) is 0.280. The number of aromatic nitrogens is 1. The minimum absolute atomic E-state index is 0.0373. The molecule has 31 heavy (non-hydrogen) atoms. The molecule has 2 aromatic carbocycles. The molecule has 0 unspecified atom stereocenters. The average molecular weight is 421 g/mol. The van der Waals surface area contributed by atoms with Crippen molar-refractivity contribution < 1.29 is 19.0 Å². The van der Waals surface area contributed by atoms with E-state index in [1.54, 1.807) is 12.3 Å². The van der Waals surface area contributed by atoms with Gasteiger partial charge in [0, 0.05) is 18.8 Å². The van der Waals surface area contributed by atoms with E-state index in [0.717, 1.165) is 5.56 Å². The Labute approximate surface area is 183 Å². The fourth-order valence-corrected chi connectivity index (χ4v) is 2.86. The Morgan fingerprint density at radius 1 is 1.00 bits per heavy atom. The molecule has 0 atom stereocenters. The molecule has 3 aromatic rings. The van der Waals surface area contributed by atoms with E-state index >= 15 is 0 Å². The molecule has 0 saturated heterocycles. The highest BCUT2D eigenvalue weighted by molar-refractivity contribution is 5.77. The van der Waals surface area contributed by atoms with E-state index in [1.807, 2.05) is 61.5 Å². The van der Waals surface area contributed by atoms with Gasteiger partial charge in [0.2, 0.25) is 5.88 Å². The van der Waals surface area contributed by atoms with Gasteiger partial charge in [-0.2, -0.15) is 0 Å². The Bertz CT molecular complexity index is 987. The number of para-hydroxylation sites is 2. The normalized spacial score (nSPS) is 10.6. The maximum atomic E-state index is 12.1. The number of rotatable bonds is 10. The molecule has 0 radical (unpaired) electrons. The zero-order valence-electron chi connectivity index (χ0n) is 18.1. The van der Waals surface area contributed by atoms with Crippen LogP contribution < -0.4 is 19.5 Å². The van der Waals surface area contributed by atoms with Crippen LogP contribution in [-0.2, 0) is 11.3 Å². The summed E-state index contributed by atoms with van der Waals surface area (Å²) in [6.45, 7) is 7.04. The zero-order valence-corrected chi connectivity index (χ0v) is 18.1. The van der Waals surface area contributed by atoms with Gasteiger partial charge in [0.15, 0.2) is 18.1 Å². The summed E-state index contributed by atoms with van der Waals surface area (Å²) in [6, 6.07) is 18.9. The standard InChI is InChI=1S/C25H28N2O4/c1-4-29-22-10-5-6-11-23(22)31-25-13-12-19(16-27-25)15-26-24(28)17-30-21-9-7-8-20(14-21)18(2)3/h5-14,16,18H,4,15,17H2,1-3H3,(H,26,28). The van der Waals surface area contributed by atoms with Crippen molar-refractivity contribution in [1.82, 2.24) is 10.3 Å². The van der Waals surface area contributed by atoms with Crippen molar-refractivity contribution in [3.63, 3.8) is 0 Å². The molecule has 3 rings (SSSR count). The van der Waals surface area contributed by atoms with Crippen LogP contribution in [0.15, 0.2) is 66.9 Å². The third-order valence-corrected chi connectivity index (χ3v) is 4.55. The van der Waals surface area contributed by atoms with Gasteiger partial charge in [-0.15, -0.1) is 0 Å². The van der Waals surface area contributed by atoms with Crippen molar-refractivity contribution in [2.24, 2.45) is 0 Å². The molecule has 1 heterocycles. The first kappa shape index (κ1) is 22.2. The SMILES string of the molecule is CCOc1ccccc1Oc1ccc(CNC(=O)COc2cccc(C(C)C)c2)cn1. The number of hydrogen-bond donors (Lipinski definition) is 1. The van der Waals surface area contributed by atoms with Crippen molar-refractivity contribution in [2.75, 3.05) is 13.2 Å². The molecule has 6 nitrogen and oxygen atoms in total. The minimum Gasteiger partial charge on any atom is -0.490 e. The minimum atomic E-state index is -0.194. The third kappa shape index (κ3) is 6.74. The van der Waals surface area contributed by atoms with Gasteiger partial charge < -0.3 is 19.5 Å². The summed E-state index contributed by atoms with van der Waals surface area (Å²) >= 11 is 0. The maximum Gasteiger partial charge on any atom is 0.258 e. The predicted molar refractivity (Wildman–Crippen MR) is 120 cm³/mol. The van der Waals surface area contributed by atoms with E-state index in [2.05, 4.69) is 24.1 Å². The molecule has 1 amide bonds. The number of ether oxygens (including phenoxy) is 3. The Kier molecular flexibility index (Phi) is 7.87. The number of nitrogens with one attached hydrogen (secondary N) is 1. The van der Waals surface area contributed by atoms with Gasteiger partial charge >= 0.3 is 0 Å². The molecule has 162 valence electrons. The summed E-state index contributed by atoms with van der Waals surface area (Å²) in [5.41, 5.74) is 2.04. The van der Waals surface area contributed by atoms with Gasteiger partial charge in [0.1, 0.15) is 5.75 Å². The highest BCUT2D eigenvalue weighted by Crippen LogP contribution is 2.30. The van der Waals surface area contributed by atoms with Gasteiger partial charge in [0.25, 0.3) is 5.91 Å². The molecule has 0 aliphatic heterocycles. The van der Waals surface area contributed by atoms with Crippen molar-refractivity contribution in [1.29, 1.82) is 0 Å². The van der Waals surface area contributed by atoms with Crippen LogP contribution in [0.3, 0.4) is 0 Å². The van der Waals surface area contributed by atoms with Gasteiger partial charge in [-0.1, -0.05) is 44.2 Å². The van der Waals surface area contributed by atoms with E-state index < -0.39 is 0 Å². The number of carbonyl (C=O) groups is 1. The van der Waals surface area contributed by atoms with Crippen LogP contribution in [0.4, 0.5) is 0 Å². The molecule has 0 spiro atoms. The van der Waals surface area contributed by atoms with E-state index in [-0.39, 0.29) is 12.5 Å². The third-order valence-electron chi connectivity index (χ3n) is 4.55. The summed E-state index contributed by atoms with van der Waals surface area (Å²) in [7, 11) is 0. The van der Waals surface area contributed by atoms with E-state index in [9.17, 15) is 4.79 Å². The summed E-state index contributed by atoms with van der Waals surface area (Å²) in [5.74, 6) is 2.64. The molecule has 0 aliphatic rings. The van der Waals surface area contributed by atoms with Gasteiger partial charge in [-0.3, -0.25) is 4.79 Å². The van der Waals surface area contributed by atoms with Crippen molar-refractivity contribution in [3.8, 4) is 23.1 Å². The molecular weight excluding hydrogens is 392 g/mol. The molecule has 0 bridgehead atoms. The summed E-state index contributed by atoms with van der Waals surface area (Å²) in [6.07, 6.45) is 1.67. The number of carbonyl (C=O) groups excluding carboxylic acids is 1. The molecule has 1 aromatic heterocycles. The predicted octanol–water partition coefficient (Wildman–Crippen LogP) is 5.09. The van der Waals surface area contributed by atoms with Crippen LogP contribution >= 0.6 is 0 Å². The van der Waals surface area contributed by atoms with E-state index in [4.69, 9.17) is 14.2 Å². The number of hydrogen-bond acceptors (Lipinski definition) is 5. The van der Waals surface area contributed by atoms with Crippen LogP contribution in [0.1, 0.15) is 37.8 Å².